The second-order valence-corrected chi connectivity index (χ2v) is 6.50. The van der Waals surface area contributed by atoms with Crippen LogP contribution in [-0.2, 0) is 17.7 Å². The van der Waals surface area contributed by atoms with Gasteiger partial charge in [-0.15, -0.1) is 0 Å². The maximum Gasteiger partial charge on any atom is 0.0678 e. The Morgan fingerprint density at radius 1 is 1.38 bits per heavy atom. The quantitative estimate of drug-likeness (QED) is 0.921. The molecule has 2 aliphatic rings. The van der Waals surface area contributed by atoms with E-state index in [1.807, 2.05) is 6.20 Å². The minimum Gasteiger partial charge on any atom is -0.392 e. The number of ether oxygens (including phenoxy) is 1. The first-order valence-corrected chi connectivity index (χ1v) is 8.05. The van der Waals surface area contributed by atoms with Crippen molar-refractivity contribution in [1.82, 2.24) is 9.88 Å². The van der Waals surface area contributed by atoms with Crippen LogP contribution in [0.3, 0.4) is 0 Å². The van der Waals surface area contributed by atoms with Gasteiger partial charge in [-0.05, 0) is 44.0 Å². The van der Waals surface area contributed by atoms with Crippen molar-refractivity contribution in [2.75, 3.05) is 20.2 Å². The smallest absolute Gasteiger partial charge is 0.0678 e. The average Bonchev–Trinajstić information content (AvgIpc) is 2.54. The van der Waals surface area contributed by atoms with Gasteiger partial charge in [-0.3, -0.25) is 9.88 Å². The minimum atomic E-state index is -0.174. The van der Waals surface area contributed by atoms with E-state index in [1.54, 1.807) is 7.11 Å². The maximum absolute atomic E-state index is 10.1. The zero-order chi connectivity index (χ0) is 14.9. The van der Waals surface area contributed by atoms with Gasteiger partial charge in [-0.1, -0.05) is 13.0 Å². The number of hydrogen-bond donors (Lipinski definition) is 1. The second kappa shape index (κ2) is 6.03. The third-order valence-electron chi connectivity index (χ3n) is 5.49. The fourth-order valence-corrected chi connectivity index (χ4v) is 3.83. The standard InChI is InChI=1S/C17H26N2O2/c1-3-13-4-5-14(18-11-13)12-19-8-6-17(7-9-19)15(20)10-16(17)21-2/h4-5,11,15-16,20H,3,6-10,12H2,1-2H3/t15-,16+/m1/s1. The third-order valence-corrected chi connectivity index (χ3v) is 5.49. The van der Waals surface area contributed by atoms with Crippen molar-refractivity contribution in [3.8, 4) is 0 Å². The Hall–Kier alpha value is -0.970. The van der Waals surface area contributed by atoms with E-state index in [9.17, 15) is 5.11 Å². The van der Waals surface area contributed by atoms with Crippen molar-refractivity contribution >= 4 is 0 Å². The molecule has 21 heavy (non-hydrogen) atoms. The third kappa shape index (κ3) is 2.72. The van der Waals surface area contributed by atoms with E-state index in [4.69, 9.17) is 4.74 Å². The molecule has 4 heteroatoms. The van der Waals surface area contributed by atoms with Crippen molar-refractivity contribution in [3.05, 3.63) is 29.6 Å². The summed E-state index contributed by atoms with van der Waals surface area (Å²) in [5, 5.41) is 10.1. The molecule has 116 valence electrons. The molecule has 1 aliphatic heterocycles. The van der Waals surface area contributed by atoms with Crippen LogP contribution in [0.5, 0.6) is 0 Å². The Kier molecular flexibility index (Phi) is 4.29. The molecule has 4 nitrogen and oxygen atoms in total. The Balaban J connectivity index is 1.56. The summed E-state index contributed by atoms with van der Waals surface area (Å²) in [6.07, 6.45) is 5.95. The van der Waals surface area contributed by atoms with Gasteiger partial charge in [-0.2, -0.15) is 0 Å². The fourth-order valence-electron chi connectivity index (χ4n) is 3.83. The highest BCUT2D eigenvalue weighted by Gasteiger charge is 2.55. The number of rotatable bonds is 4. The summed E-state index contributed by atoms with van der Waals surface area (Å²) in [5.74, 6) is 0. The van der Waals surface area contributed by atoms with Crippen LogP contribution in [0.2, 0.25) is 0 Å². The number of aromatic nitrogens is 1. The summed E-state index contributed by atoms with van der Waals surface area (Å²) in [6.45, 7) is 5.10. The molecule has 0 bridgehead atoms. The van der Waals surface area contributed by atoms with Crippen LogP contribution < -0.4 is 0 Å². The lowest BCUT2D eigenvalue weighted by Crippen LogP contribution is -2.61. The van der Waals surface area contributed by atoms with Crippen LogP contribution in [0, 0.1) is 5.41 Å². The molecule has 1 spiro atoms. The summed E-state index contributed by atoms with van der Waals surface area (Å²) < 4.78 is 5.54. The molecule has 1 saturated heterocycles. The molecule has 0 radical (unpaired) electrons. The number of aliphatic hydroxyl groups excluding tert-OH is 1. The molecule has 1 aromatic rings. The highest BCUT2D eigenvalue weighted by molar-refractivity contribution is 5.14. The molecular formula is C17H26N2O2. The van der Waals surface area contributed by atoms with E-state index in [0.717, 1.165) is 51.0 Å². The van der Waals surface area contributed by atoms with E-state index in [0.29, 0.717) is 0 Å². The van der Waals surface area contributed by atoms with E-state index < -0.39 is 0 Å². The number of pyridine rings is 1. The van der Waals surface area contributed by atoms with Crippen LogP contribution in [0.4, 0.5) is 0 Å². The highest BCUT2D eigenvalue weighted by Crippen LogP contribution is 2.50. The SMILES string of the molecule is CCc1ccc(CN2CCC3(CC2)[C@H](O)C[C@@H]3OC)nc1. The average molecular weight is 290 g/mol. The molecule has 1 saturated carbocycles. The van der Waals surface area contributed by atoms with Crippen molar-refractivity contribution in [2.24, 2.45) is 5.41 Å². The molecule has 0 unspecified atom stereocenters. The first-order chi connectivity index (χ1) is 10.2. The Morgan fingerprint density at radius 2 is 2.14 bits per heavy atom. The highest BCUT2D eigenvalue weighted by atomic mass is 16.5. The van der Waals surface area contributed by atoms with E-state index >= 15 is 0 Å². The maximum atomic E-state index is 10.1. The summed E-state index contributed by atoms with van der Waals surface area (Å²) in [7, 11) is 1.77. The topological polar surface area (TPSA) is 45.6 Å². The van der Waals surface area contributed by atoms with Gasteiger partial charge in [0.05, 0.1) is 17.9 Å². The zero-order valence-electron chi connectivity index (χ0n) is 13.1. The molecule has 1 N–H and O–H groups in total. The van der Waals surface area contributed by atoms with Gasteiger partial charge in [0.25, 0.3) is 0 Å². The molecule has 1 aromatic heterocycles. The van der Waals surface area contributed by atoms with E-state index in [1.165, 1.54) is 5.56 Å². The van der Waals surface area contributed by atoms with Crippen LogP contribution in [0.1, 0.15) is 37.4 Å². The number of piperidine rings is 1. The summed E-state index contributed by atoms with van der Waals surface area (Å²) in [5.41, 5.74) is 2.45. The number of methoxy groups -OCH3 is 1. The summed E-state index contributed by atoms with van der Waals surface area (Å²) in [4.78, 5) is 6.99. The molecular weight excluding hydrogens is 264 g/mol. The van der Waals surface area contributed by atoms with Gasteiger partial charge in [0, 0.05) is 31.7 Å². The van der Waals surface area contributed by atoms with Gasteiger partial charge < -0.3 is 9.84 Å². The minimum absolute atomic E-state index is 0.0186. The van der Waals surface area contributed by atoms with Gasteiger partial charge in [0.2, 0.25) is 0 Å². The van der Waals surface area contributed by atoms with Crippen LogP contribution in [0.25, 0.3) is 0 Å². The predicted octanol–water partition coefficient (Wildman–Crippen LogP) is 2.01. The number of aliphatic hydroxyl groups is 1. The Bertz CT molecular complexity index is 466. The molecule has 1 aliphatic carbocycles. The lowest BCUT2D eigenvalue weighted by Gasteiger charge is -2.56. The van der Waals surface area contributed by atoms with Crippen molar-refractivity contribution in [2.45, 2.75) is 51.4 Å². The molecule has 2 fully saturated rings. The first-order valence-electron chi connectivity index (χ1n) is 8.05. The molecule has 3 rings (SSSR count). The first kappa shape index (κ1) is 14.9. The van der Waals surface area contributed by atoms with Crippen LogP contribution >= 0.6 is 0 Å². The van der Waals surface area contributed by atoms with Crippen LogP contribution in [0.15, 0.2) is 18.3 Å². The van der Waals surface area contributed by atoms with Gasteiger partial charge in [0.15, 0.2) is 0 Å². The summed E-state index contributed by atoms with van der Waals surface area (Å²) >= 11 is 0. The molecule has 0 amide bonds. The number of likely N-dealkylation sites (tertiary alicyclic amines) is 1. The summed E-state index contributed by atoms with van der Waals surface area (Å²) in [6, 6.07) is 4.31. The number of nitrogens with zero attached hydrogens (tertiary/aromatic N) is 2. The Labute approximate surface area is 127 Å². The zero-order valence-corrected chi connectivity index (χ0v) is 13.1. The lowest BCUT2D eigenvalue weighted by atomic mass is 9.58. The second-order valence-electron chi connectivity index (χ2n) is 6.50. The van der Waals surface area contributed by atoms with Gasteiger partial charge in [-0.25, -0.2) is 0 Å². The van der Waals surface area contributed by atoms with E-state index in [2.05, 4.69) is 28.9 Å². The molecule has 0 aromatic carbocycles. The fraction of sp³-hybridized carbons (Fsp3) is 0.706. The van der Waals surface area contributed by atoms with Crippen molar-refractivity contribution in [1.29, 1.82) is 0 Å². The largest absolute Gasteiger partial charge is 0.392 e. The van der Waals surface area contributed by atoms with Gasteiger partial charge in [0.1, 0.15) is 0 Å². The predicted molar refractivity (Wildman–Crippen MR) is 82.0 cm³/mol. The molecule has 2 heterocycles. The van der Waals surface area contributed by atoms with E-state index in [-0.39, 0.29) is 17.6 Å². The van der Waals surface area contributed by atoms with Gasteiger partial charge >= 0.3 is 0 Å². The van der Waals surface area contributed by atoms with Crippen molar-refractivity contribution < 1.29 is 9.84 Å². The Morgan fingerprint density at radius 3 is 2.67 bits per heavy atom. The number of aryl methyl sites for hydroxylation is 1. The number of hydrogen-bond acceptors (Lipinski definition) is 4. The normalized spacial score (nSPS) is 28.5. The monoisotopic (exact) mass is 290 g/mol. The lowest BCUT2D eigenvalue weighted by molar-refractivity contribution is -0.201. The molecule has 2 atom stereocenters. The van der Waals surface area contributed by atoms with Crippen molar-refractivity contribution in [3.63, 3.8) is 0 Å². The van der Waals surface area contributed by atoms with Crippen LogP contribution in [-0.4, -0.2) is 47.4 Å².